The first-order chi connectivity index (χ1) is 40.9. The van der Waals surface area contributed by atoms with Gasteiger partial charge in [0, 0.05) is 41.2 Å². The van der Waals surface area contributed by atoms with Crippen molar-refractivity contribution in [3.8, 4) is 17.2 Å². The van der Waals surface area contributed by atoms with Crippen LogP contribution in [0, 0.1) is 0 Å². The van der Waals surface area contributed by atoms with Crippen LogP contribution in [0.1, 0.15) is 65.5 Å². The molecule has 11 rings (SSSR count). The highest BCUT2D eigenvalue weighted by molar-refractivity contribution is 6.68. The van der Waals surface area contributed by atoms with E-state index in [1.807, 2.05) is 158 Å². The van der Waals surface area contributed by atoms with Gasteiger partial charge in [-0.3, -0.25) is 14.7 Å². The van der Waals surface area contributed by atoms with Crippen LogP contribution in [-0.4, -0.2) is 78.6 Å². The number of carbonyl (C=O) groups excluding carboxylic acids is 3. The minimum atomic E-state index is -0.182. The molecule has 84 heavy (non-hydrogen) atoms. The van der Waals surface area contributed by atoms with E-state index in [4.69, 9.17) is 39.8 Å². The van der Waals surface area contributed by atoms with E-state index < -0.39 is 0 Å². The van der Waals surface area contributed by atoms with Gasteiger partial charge in [0.25, 0.3) is 0 Å². The molecule has 3 heterocycles. The fourth-order valence-electron chi connectivity index (χ4n) is 10.7. The van der Waals surface area contributed by atoms with E-state index in [1.54, 1.807) is 31.1 Å². The predicted molar refractivity (Wildman–Crippen MR) is 340 cm³/mol. The van der Waals surface area contributed by atoms with E-state index in [9.17, 15) is 14.4 Å². The molecule has 434 valence electrons. The van der Waals surface area contributed by atoms with Gasteiger partial charge < -0.3 is 44.1 Å². The van der Waals surface area contributed by atoms with Crippen molar-refractivity contribution >= 4 is 89.6 Å². The standard InChI is InChI=1S/C23H29BN2O3.C23H23BN2O3.C19H22BClN2O3/c2*1-24-22-14-20(11-10-18(22)16-29-24)26(15-17-8-12-21(28-2)13-9-17)23(27)25-19-6-4-3-5-7-19;1-20-18-11-16(6-5-15(18)13-26-20)23(19(24)22-10-9-21)12-14-3-7-17(25-2)8-4-14/h8-14,19H,3-7,15-16H2,1-2H3,(H,25,27);3-14H,15-16H2,1-2H3,(H,25,27);3-8,11H,9-10,12-13H2,1-2H3,(H,22,24). The summed E-state index contributed by atoms with van der Waals surface area (Å²) in [6.45, 7) is 9.96. The first-order valence-corrected chi connectivity index (χ1v) is 29.4. The Morgan fingerprint density at radius 3 is 1.26 bits per heavy atom. The molecule has 7 aromatic rings. The smallest absolute Gasteiger partial charge is 0.326 e. The molecule has 0 aromatic heterocycles. The van der Waals surface area contributed by atoms with Gasteiger partial charge in [0.1, 0.15) is 17.2 Å². The first kappa shape index (κ1) is 60.7. The molecule has 6 amide bonds. The number of hydrogen-bond donors (Lipinski definition) is 3. The second-order valence-electron chi connectivity index (χ2n) is 21.3. The van der Waals surface area contributed by atoms with E-state index in [2.05, 4.69) is 41.0 Å². The van der Waals surface area contributed by atoms with E-state index >= 15 is 0 Å². The Morgan fingerprint density at radius 1 is 0.500 bits per heavy atom. The Balaban J connectivity index is 0.000000151. The first-order valence-electron chi connectivity index (χ1n) is 28.8. The van der Waals surface area contributed by atoms with Crippen LogP contribution in [0.2, 0.25) is 20.5 Å². The number of fused-ring (bicyclic) bond motifs is 3. The number of alkyl halides is 1. The molecular weight excluding hydrogens is 1080 g/mol. The van der Waals surface area contributed by atoms with Crippen LogP contribution in [0.3, 0.4) is 0 Å². The number of nitrogens with one attached hydrogen (secondary N) is 3. The average molecular weight is 1150 g/mol. The van der Waals surface area contributed by atoms with Crippen molar-refractivity contribution in [2.45, 2.75) is 98.1 Å². The molecule has 15 nitrogen and oxygen atoms in total. The third-order valence-electron chi connectivity index (χ3n) is 15.7. The number of anilines is 4. The Kier molecular flexibility index (Phi) is 21.4. The fourth-order valence-corrected chi connectivity index (χ4v) is 10.8. The summed E-state index contributed by atoms with van der Waals surface area (Å²) in [6, 6.07) is 51.1. The lowest BCUT2D eigenvalue weighted by Gasteiger charge is -2.29. The molecule has 0 saturated heterocycles. The number of ether oxygens (including phenoxy) is 3. The van der Waals surface area contributed by atoms with Crippen molar-refractivity contribution < 1.29 is 42.6 Å². The minimum absolute atomic E-state index is 0.0285. The number of halogens is 1. The van der Waals surface area contributed by atoms with Crippen molar-refractivity contribution in [2.75, 3.05) is 53.8 Å². The van der Waals surface area contributed by atoms with Gasteiger partial charge in [-0.15, -0.1) is 11.6 Å². The zero-order valence-electron chi connectivity index (χ0n) is 48.9. The summed E-state index contributed by atoms with van der Waals surface area (Å²) in [6.07, 6.45) is 5.78. The molecule has 3 N–H and O–H groups in total. The summed E-state index contributed by atoms with van der Waals surface area (Å²) in [7, 11) is 4.93. The second-order valence-corrected chi connectivity index (χ2v) is 21.7. The lowest BCUT2D eigenvalue weighted by atomic mass is 9.64. The summed E-state index contributed by atoms with van der Waals surface area (Å²) >= 11 is 5.72. The monoisotopic (exact) mass is 1150 g/mol. The van der Waals surface area contributed by atoms with E-state index in [1.165, 1.54) is 41.4 Å². The maximum Gasteiger partial charge on any atom is 0.326 e. The highest BCUT2D eigenvalue weighted by Crippen LogP contribution is 2.27. The third-order valence-corrected chi connectivity index (χ3v) is 15.9. The van der Waals surface area contributed by atoms with Gasteiger partial charge in [0.2, 0.25) is 0 Å². The predicted octanol–water partition coefficient (Wildman–Crippen LogP) is 11.4. The van der Waals surface area contributed by atoms with Gasteiger partial charge in [-0.25, -0.2) is 14.4 Å². The van der Waals surface area contributed by atoms with Crippen LogP contribution < -0.4 is 61.2 Å². The van der Waals surface area contributed by atoms with Gasteiger partial charge in [0.15, 0.2) is 0 Å². The number of hydrogen-bond acceptors (Lipinski definition) is 9. The van der Waals surface area contributed by atoms with Crippen molar-refractivity contribution in [3.63, 3.8) is 0 Å². The quantitative estimate of drug-likeness (QED) is 0.0634. The molecule has 0 bridgehead atoms. The molecule has 1 fully saturated rings. The molecule has 3 aliphatic heterocycles. The number of amides is 6. The van der Waals surface area contributed by atoms with Gasteiger partial charge in [-0.2, -0.15) is 0 Å². The summed E-state index contributed by atoms with van der Waals surface area (Å²) in [5.41, 5.74) is 13.4. The van der Waals surface area contributed by atoms with Crippen LogP contribution in [0.25, 0.3) is 0 Å². The topological polar surface area (TPSA) is 152 Å². The summed E-state index contributed by atoms with van der Waals surface area (Å²) in [4.78, 5) is 44.5. The number of carbonyl (C=O) groups is 3. The number of urea groups is 3. The summed E-state index contributed by atoms with van der Waals surface area (Å²) in [5.74, 6) is 2.76. The van der Waals surface area contributed by atoms with Crippen molar-refractivity contribution in [3.05, 3.63) is 191 Å². The Labute approximate surface area is 500 Å². The Hall–Kier alpha value is -7.89. The maximum atomic E-state index is 13.3. The zero-order valence-corrected chi connectivity index (χ0v) is 49.7. The molecule has 0 radical (unpaired) electrons. The number of para-hydroxylation sites is 1. The molecule has 0 spiro atoms. The van der Waals surface area contributed by atoms with Crippen LogP contribution in [0.15, 0.2) is 158 Å². The number of nitrogens with zero attached hydrogens (tertiary/aromatic N) is 3. The Morgan fingerprint density at radius 2 is 0.881 bits per heavy atom. The normalized spacial score (nSPS) is 13.9. The molecular formula is C65H74B3ClN6O9. The SMILES string of the molecule is COc1ccc(CN(C(=O)NC2CCCCC2)c2ccc3c(c2)B(C)OC3)cc1.COc1ccc(CN(C(=O)NCCCl)c2ccc3c(c2)B(C)OC3)cc1.COc1ccc(CN(C(=O)Nc2ccccc2)c2ccc3c(c2)B(C)OC3)cc1. The lowest BCUT2D eigenvalue weighted by Crippen LogP contribution is -2.45. The van der Waals surface area contributed by atoms with Crippen molar-refractivity contribution in [1.29, 1.82) is 0 Å². The van der Waals surface area contributed by atoms with Gasteiger partial charge in [-0.1, -0.05) is 113 Å². The summed E-state index contributed by atoms with van der Waals surface area (Å²) in [5, 5.41) is 9.12. The minimum Gasteiger partial charge on any atom is -0.497 e. The van der Waals surface area contributed by atoms with Gasteiger partial charge >= 0.3 is 38.8 Å². The van der Waals surface area contributed by atoms with Crippen molar-refractivity contribution in [1.82, 2.24) is 10.6 Å². The highest BCUT2D eigenvalue weighted by atomic mass is 35.5. The van der Waals surface area contributed by atoms with E-state index in [0.29, 0.717) is 51.9 Å². The zero-order chi connectivity index (χ0) is 59.0. The molecule has 7 aromatic carbocycles. The van der Waals surface area contributed by atoms with Crippen molar-refractivity contribution in [2.24, 2.45) is 0 Å². The molecule has 0 unspecified atom stereocenters. The second kappa shape index (κ2) is 29.6. The molecule has 0 atom stereocenters. The van der Waals surface area contributed by atoms with Crippen LogP contribution in [0.4, 0.5) is 37.1 Å². The van der Waals surface area contributed by atoms with E-state index in [0.717, 1.165) is 80.5 Å². The number of rotatable bonds is 16. The largest absolute Gasteiger partial charge is 0.497 e. The lowest BCUT2D eigenvalue weighted by molar-refractivity contribution is 0.238. The van der Waals surface area contributed by atoms with Crippen LogP contribution in [0.5, 0.6) is 17.2 Å². The third kappa shape index (κ3) is 15.8. The number of benzene rings is 7. The average Bonchev–Trinajstić information content (AvgIpc) is 4.17. The van der Waals surface area contributed by atoms with Crippen LogP contribution >= 0.6 is 11.6 Å². The molecule has 1 aliphatic carbocycles. The van der Waals surface area contributed by atoms with E-state index in [-0.39, 0.29) is 44.9 Å². The fraction of sp³-hybridized carbons (Fsp3) is 0.308. The molecule has 1 saturated carbocycles. The van der Waals surface area contributed by atoms with Gasteiger partial charge in [-0.05, 0) is 148 Å². The van der Waals surface area contributed by atoms with Crippen LogP contribution in [-0.2, 0) is 53.4 Å². The number of methoxy groups -OCH3 is 3. The Bertz CT molecular complexity index is 3310. The molecule has 4 aliphatic rings. The highest BCUT2D eigenvalue weighted by Gasteiger charge is 2.30. The molecule has 19 heteroatoms. The maximum absolute atomic E-state index is 13.3. The van der Waals surface area contributed by atoms with Gasteiger partial charge in [0.05, 0.1) is 60.8 Å². The summed E-state index contributed by atoms with van der Waals surface area (Å²) < 4.78 is 32.9.